The van der Waals surface area contributed by atoms with Crippen LogP contribution in [0.4, 0.5) is 52.7 Å². The van der Waals surface area contributed by atoms with Gasteiger partial charge in [0.25, 0.3) is 0 Å². The molecule has 1 aliphatic carbocycles. The van der Waals surface area contributed by atoms with Gasteiger partial charge in [-0.2, -0.15) is 0 Å². The summed E-state index contributed by atoms with van der Waals surface area (Å²) in [6.45, 7) is 0. The Bertz CT molecular complexity index is 1890. The average Bonchev–Trinajstić information content (AvgIpc) is 3.15. The highest BCUT2D eigenvalue weighted by Crippen LogP contribution is 2.49. The Morgan fingerprint density at radius 2 is 0.811 bits per heavy atom. The summed E-state index contributed by atoms with van der Waals surface area (Å²) in [6, 6.07) is 1.52. The van der Waals surface area contributed by atoms with Crippen molar-refractivity contribution in [1.29, 1.82) is 0 Å². The minimum Gasteiger partial charge on any atom is -0.208 e. The Morgan fingerprint density at radius 1 is 0.378 bits per heavy atom. The second-order valence-corrected chi connectivity index (χ2v) is 8.31. The largest absolute Gasteiger partial charge is 0.208 e. The van der Waals surface area contributed by atoms with Gasteiger partial charge in [-0.1, -0.05) is 12.1 Å². The lowest BCUT2D eigenvalue weighted by Gasteiger charge is -2.20. The molecule has 12 heteroatoms. The molecule has 0 nitrogen and oxygen atoms in total. The van der Waals surface area contributed by atoms with Crippen LogP contribution in [-0.4, -0.2) is 0 Å². The summed E-state index contributed by atoms with van der Waals surface area (Å²) in [5.74, 6) is -26.0. The summed E-state index contributed by atoms with van der Waals surface area (Å²) in [5, 5.41) is -9.45. The number of benzene rings is 5. The van der Waals surface area contributed by atoms with E-state index >= 15 is 22.0 Å². The highest BCUT2D eigenvalue weighted by molar-refractivity contribution is 6.26. The van der Waals surface area contributed by atoms with Crippen LogP contribution >= 0.6 is 0 Å². The molecule has 0 heterocycles. The summed E-state index contributed by atoms with van der Waals surface area (Å²) in [4.78, 5) is 0. The Balaban J connectivity index is 1.95. The zero-order valence-electron chi connectivity index (χ0n) is 17.4. The molecule has 6 rings (SSSR count). The highest BCUT2D eigenvalue weighted by Gasteiger charge is 2.37. The van der Waals surface area contributed by atoms with Crippen molar-refractivity contribution in [2.24, 2.45) is 0 Å². The van der Waals surface area contributed by atoms with Crippen molar-refractivity contribution in [3.63, 3.8) is 0 Å². The number of rotatable bonds is 1. The molecule has 0 spiro atoms. The van der Waals surface area contributed by atoms with E-state index in [1.807, 2.05) is 0 Å². The first kappa shape index (κ1) is 23.4. The molecule has 0 N–H and O–H groups in total. The second kappa shape index (κ2) is 7.30. The third-order valence-corrected chi connectivity index (χ3v) is 6.52. The number of halogens is 12. The Morgan fingerprint density at radius 3 is 1.35 bits per heavy atom. The molecule has 188 valence electrons. The van der Waals surface area contributed by atoms with E-state index in [-0.39, 0.29) is 5.56 Å². The van der Waals surface area contributed by atoms with Crippen LogP contribution < -0.4 is 0 Å². The van der Waals surface area contributed by atoms with Gasteiger partial charge in [0.05, 0.1) is 21.7 Å². The molecule has 0 unspecified atom stereocenters. The van der Waals surface area contributed by atoms with Crippen LogP contribution in [0.5, 0.6) is 0 Å². The minimum absolute atomic E-state index is 0.269. The Hall–Kier alpha value is -3.96. The second-order valence-electron chi connectivity index (χ2n) is 8.31. The van der Waals surface area contributed by atoms with E-state index in [4.69, 9.17) is 0 Å². The lowest BCUT2D eigenvalue weighted by atomic mass is 9.86. The van der Waals surface area contributed by atoms with Gasteiger partial charge in [0.2, 0.25) is 0 Å². The summed E-state index contributed by atoms with van der Waals surface area (Å²) in [6.07, 6.45) is -0.703. The van der Waals surface area contributed by atoms with Crippen molar-refractivity contribution < 1.29 is 52.7 Å². The first-order chi connectivity index (χ1) is 17.4. The van der Waals surface area contributed by atoms with Gasteiger partial charge in [-0.25, -0.2) is 52.7 Å². The molecule has 0 saturated carbocycles. The fraction of sp³-hybridized carbons (Fsp3) is 0.0400. The highest BCUT2D eigenvalue weighted by atomic mass is 19.2. The van der Waals surface area contributed by atoms with Crippen molar-refractivity contribution in [1.82, 2.24) is 0 Å². The van der Waals surface area contributed by atoms with Crippen LogP contribution in [-0.2, 0) is 6.42 Å². The maximum Gasteiger partial charge on any atom is 0.195 e. The van der Waals surface area contributed by atoms with Crippen LogP contribution in [0, 0.1) is 58.2 Å². The summed E-state index contributed by atoms with van der Waals surface area (Å²) < 4.78 is 177. The van der Waals surface area contributed by atoms with Crippen molar-refractivity contribution in [2.45, 2.75) is 6.42 Å². The van der Waals surface area contributed by atoms with Gasteiger partial charge in [-0.15, -0.1) is 0 Å². The molecule has 0 atom stereocenters. The van der Waals surface area contributed by atoms with Crippen LogP contribution in [0.15, 0.2) is 18.0 Å². The average molecular weight is 532 g/mol. The van der Waals surface area contributed by atoms with Crippen LogP contribution in [0.3, 0.4) is 0 Å². The summed E-state index contributed by atoms with van der Waals surface area (Å²) >= 11 is 0. The van der Waals surface area contributed by atoms with Gasteiger partial charge in [0.1, 0.15) is 11.6 Å². The van der Waals surface area contributed by atoms with Crippen molar-refractivity contribution >= 4 is 38.1 Å². The van der Waals surface area contributed by atoms with Crippen molar-refractivity contribution in [3.05, 3.63) is 87.3 Å². The zero-order valence-corrected chi connectivity index (χ0v) is 17.4. The van der Waals surface area contributed by atoms with Gasteiger partial charge in [0, 0.05) is 33.7 Å². The summed E-state index contributed by atoms with van der Waals surface area (Å²) in [5.41, 5.74) is -3.96. The zero-order chi connectivity index (χ0) is 26.8. The molecule has 0 amide bonds. The van der Waals surface area contributed by atoms with Crippen LogP contribution in [0.1, 0.15) is 11.1 Å². The molecule has 0 fully saturated rings. The molecule has 0 bridgehead atoms. The van der Waals surface area contributed by atoms with E-state index in [2.05, 4.69) is 0 Å². The first-order valence-corrected chi connectivity index (χ1v) is 10.1. The summed E-state index contributed by atoms with van der Waals surface area (Å²) in [7, 11) is 0. The monoisotopic (exact) mass is 532 g/mol. The molecule has 0 aromatic heterocycles. The molecule has 5 aromatic carbocycles. The smallest absolute Gasteiger partial charge is 0.195 e. The molecule has 0 aliphatic heterocycles. The third-order valence-electron chi connectivity index (χ3n) is 6.52. The number of allylic oxidation sites excluding steroid dienone is 1. The Kier molecular flexibility index (Phi) is 4.62. The number of hydrogen-bond acceptors (Lipinski definition) is 0. The fourth-order valence-electron chi connectivity index (χ4n) is 4.95. The molecule has 0 saturated heterocycles. The lowest BCUT2D eigenvalue weighted by Crippen LogP contribution is -2.08. The van der Waals surface area contributed by atoms with E-state index in [0.717, 1.165) is 6.07 Å². The number of hydrogen-bond donors (Lipinski definition) is 0. The fourth-order valence-corrected chi connectivity index (χ4v) is 4.95. The van der Waals surface area contributed by atoms with E-state index in [0.29, 0.717) is 6.07 Å². The quantitative estimate of drug-likeness (QED) is 0.115. The maximum absolute atomic E-state index is 15.4. The molecular formula is C25H4F12. The number of fused-ring (bicyclic) bond motifs is 1. The van der Waals surface area contributed by atoms with Gasteiger partial charge in [0.15, 0.2) is 58.2 Å². The predicted octanol–water partition coefficient (Wildman–Crippen LogP) is 8.81. The van der Waals surface area contributed by atoms with Crippen molar-refractivity contribution in [2.75, 3.05) is 0 Å². The van der Waals surface area contributed by atoms with Crippen molar-refractivity contribution in [3.8, 4) is 11.1 Å². The SMILES string of the molecule is FC1=C(F)c2c(ccc(-c3c(F)c(F)c4c(F)c(F)c5c(F)c(F)c(F)c6c(F)c(F)c3c4c56)c2F)C1. The minimum atomic E-state index is -2.51. The van der Waals surface area contributed by atoms with Gasteiger partial charge >= 0.3 is 0 Å². The molecule has 0 radical (unpaired) electrons. The van der Waals surface area contributed by atoms with Gasteiger partial charge in [-0.05, 0) is 5.56 Å². The molecular weight excluding hydrogens is 528 g/mol. The Labute approximate surface area is 196 Å². The van der Waals surface area contributed by atoms with Gasteiger partial charge < -0.3 is 0 Å². The molecule has 5 aromatic rings. The predicted molar refractivity (Wildman–Crippen MR) is 108 cm³/mol. The maximum atomic E-state index is 15.4. The van der Waals surface area contributed by atoms with Gasteiger partial charge in [-0.3, -0.25) is 0 Å². The van der Waals surface area contributed by atoms with E-state index in [1.165, 1.54) is 0 Å². The van der Waals surface area contributed by atoms with E-state index in [1.54, 1.807) is 0 Å². The molecule has 1 aliphatic rings. The van der Waals surface area contributed by atoms with Crippen LogP contribution in [0.25, 0.3) is 49.3 Å². The first-order valence-electron chi connectivity index (χ1n) is 10.1. The van der Waals surface area contributed by atoms with E-state index in [9.17, 15) is 30.7 Å². The molecule has 37 heavy (non-hydrogen) atoms. The van der Waals surface area contributed by atoms with Crippen LogP contribution in [0.2, 0.25) is 0 Å². The topological polar surface area (TPSA) is 0 Å². The standard InChI is InChI=1S/C25H4F12/c26-6-3-4-1-2-5(15(27)7(4)16(6)28)8-11-9-10-13(20(32)18(11)30)23(35)25(37)24(36)14(10)22(34)21(33)12(9)19(31)17(8)29/h1-2H,3H2. The lowest BCUT2D eigenvalue weighted by molar-refractivity contribution is 0.448. The third kappa shape index (κ3) is 2.62. The van der Waals surface area contributed by atoms with E-state index < -0.39 is 125 Å². The normalized spacial score (nSPS) is 13.7.